The van der Waals surface area contributed by atoms with Crippen LogP contribution >= 0.6 is 11.3 Å². The molecular formula is C16H19FN4OS. The molecule has 2 aromatic rings. The maximum atomic E-state index is 14.0. The average Bonchev–Trinajstić information content (AvgIpc) is 3.32. The summed E-state index contributed by atoms with van der Waals surface area (Å²) in [6.07, 6.45) is 8.97. The lowest BCUT2D eigenvalue weighted by molar-refractivity contribution is -0.117. The summed E-state index contributed by atoms with van der Waals surface area (Å²) < 4.78 is 14.6. The second-order valence-electron chi connectivity index (χ2n) is 6.39. The van der Waals surface area contributed by atoms with E-state index < -0.39 is 5.82 Å². The highest BCUT2D eigenvalue weighted by atomic mass is 32.1. The first-order valence-electron chi connectivity index (χ1n) is 8.23. The van der Waals surface area contributed by atoms with E-state index in [4.69, 9.17) is 0 Å². The van der Waals surface area contributed by atoms with Crippen molar-refractivity contribution < 1.29 is 9.18 Å². The third-order valence-electron chi connectivity index (χ3n) is 4.50. The van der Waals surface area contributed by atoms with Crippen LogP contribution in [0.1, 0.15) is 44.9 Å². The maximum absolute atomic E-state index is 14.0. The second kappa shape index (κ2) is 6.03. The van der Waals surface area contributed by atoms with Gasteiger partial charge in [-0.25, -0.2) is 14.4 Å². The van der Waals surface area contributed by atoms with Crippen LogP contribution in [0.5, 0.6) is 0 Å². The molecule has 2 saturated carbocycles. The van der Waals surface area contributed by atoms with E-state index in [2.05, 4.69) is 20.6 Å². The molecule has 5 nitrogen and oxygen atoms in total. The first kappa shape index (κ1) is 14.8. The summed E-state index contributed by atoms with van der Waals surface area (Å²) in [6, 6.07) is 0.407. The fraction of sp³-hybridized carbons (Fsp3) is 0.562. The van der Waals surface area contributed by atoms with Gasteiger partial charge in [0.1, 0.15) is 10.2 Å². The Morgan fingerprint density at radius 2 is 2.00 bits per heavy atom. The van der Waals surface area contributed by atoms with Gasteiger partial charge in [-0.05, 0) is 25.7 Å². The number of thiazole rings is 1. The normalized spacial score (nSPS) is 19.0. The van der Waals surface area contributed by atoms with Crippen molar-refractivity contribution in [3.05, 3.63) is 12.0 Å². The first-order chi connectivity index (χ1) is 11.2. The van der Waals surface area contributed by atoms with E-state index in [1.165, 1.54) is 30.6 Å². The third-order valence-corrected chi connectivity index (χ3v) is 5.49. The number of amides is 1. The number of nitrogens with zero attached hydrogens (tertiary/aromatic N) is 2. The zero-order valence-corrected chi connectivity index (χ0v) is 13.6. The summed E-state index contributed by atoms with van der Waals surface area (Å²) in [4.78, 5) is 20.4. The van der Waals surface area contributed by atoms with Crippen LogP contribution in [-0.4, -0.2) is 21.9 Å². The minimum absolute atomic E-state index is 0.0272. The lowest BCUT2D eigenvalue weighted by Gasteiger charge is -2.22. The van der Waals surface area contributed by atoms with Gasteiger partial charge in [-0.2, -0.15) is 0 Å². The molecule has 0 atom stereocenters. The molecule has 0 spiro atoms. The Bertz CT molecular complexity index is 737. The van der Waals surface area contributed by atoms with Crippen LogP contribution in [0, 0.1) is 11.7 Å². The van der Waals surface area contributed by atoms with Gasteiger partial charge in [-0.1, -0.05) is 30.6 Å². The molecule has 23 heavy (non-hydrogen) atoms. The predicted molar refractivity (Wildman–Crippen MR) is 89.2 cm³/mol. The maximum Gasteiger partial charge on any atom is 0.228 e. The standard InChI is InChI=1S/C16H19FN4OS/c17-11-8-18-14(21-15(22)9-6-7-9)13-12(11)20-16(23-13)19-10-4-2-1-3-5-10/h8-10H,1-7H2,(H,19,20)(H,18,21,22). The van der Waals surface area contributed by atoms with Gasteiger partial charge in [-0.3, -0.25) is 4.79 Å². The van der Waals surface area contributed by atoms with Crippen molar-refractivity contribution in [2.45, 2.75) is 51.0 Å². The molecule has 0 radical (unpaired) electrons. The quantitative estimate of drug-likeness (QED) is 0.889. The minimum Gasteiger partial charge on any atom is -0.359 e. The molecule has 7 heteroatoms. The van der Waals surface area contributed by atoms with Crippen LogP contribution < -0.4 is 10.6 Å². The van der Waals surface area contributed by atoms with E-state index in [-0.39, 0.29) is 17.3 Å². The largest absolute Gasteiger partial charge is 0.359 e. The van der Waals surface area contributed by atoms with Crippen LogP contribution in [0.2, 0.25) is 0 Å². The number of hydrogen-bond acceptors (Lipinski definition) is 5. The van der Waals surface area contributed by atoms with Crippen molar-refractivity contribution in [3.8, 4) is 0 Å². The lowest BCUT2D eigenvalue weighted by Crippen LogP contribution is -2.21. The summed E-state index contributed by atoms with van der Waals surface area (Å²) >= 11 is 1.37. The molecule has 122 valence electrons. The third kappa shape index (κ3) is 3.15. The molecule has 2 fully saturated rings. The van der Waals surface area contributed by atoms with Crippen LogP contribution in [0.25, 0.3) is 10.2 Å². The van der Waals surface area contributed by atoms with E-state index in [1.54, 1.807) is 0 Å². The highest BCUT2D eigenvalue weighted by Gasteiger charge is 2.30. The Labute approximate surface area is 137 Å². The van der Waals surface area contributed by atoms with Gasteiger partial charge >= 0.3 is 0 Å². The van der Waals surface area contributed by atoms with E-state index in [0.717, 1.165) is 31.9 Å². The molecule has 0 aliphatic heterocycles. The molecule has 2 heterocycles. The summed E-state index contributed by atoms with van der Waals surface area (Å²) in [5, 5.41) is 6.94. The Morgan fingerprint density at radius 1 is 1.22 bits per heavy atom. The van der Waals surface area contributed by atoms with Crippen molar-refractivity contribution in [2.24, 2.45) is 5.92 Å². The average molecular weight is 334 g/mol. The molecule has 2 aliphatic carbocycles. The number of hydrogen-bond donors (Lipinski definition) is 2. The number of carbonyl (C=O) groups is 1. The molecule has 4 rings (SSSR count). The van der Waals surface area contributed by atoms with Crippen LogP contribution in [0.3, 0.4) is 0 Å². The summed E-state index contributed by atoms with van der Waals surface area (Å²) in [6.45, 7) is 0. The highest BCUT2D eigenvalue weighted by Crippen LogP contribution is 2.35. The van der Waals surface area contributed by atoms with Gasteiger partial charge in [0.25, 0.3) is 0 Å². The number of halogens is 1. The van der Waals surface area contributed by atoms with E-state index in [9.17, 15) is 9.18 Å². The number of aromatic nitrogens is 2. The number of rotatable bonds is 4. The second-order valence-corrected chi connectivity index (χ2v) is 7.39. The van der Waals surface area contributed by atoms with Crippen LogP contribution in [0.4, 0.5) is 15.3 Å². The molecule has 2 aromatic heterocycles. The number of carbonyl (C=O) groups excluding carboxylic acids is 1. The molecule has 1 amide bonds. The zero-order chi connectivity index (χ0) is 15.8. The minimum atomic E-state index is -0.447. The van der Waals surface area contributed by atoms with Gasteiger partial charge in [0.2, 0.25) is 5.91 Å². The molecular weight excluding hydrogens is 315 g/mol. The van der Waals surface area contributed by atoms with Crippen LogP contribution in [-0.2, 0) is 4.79 Å². The van der Waals surface area contributed by atoms with Gasteiger partial charge in [-0.15, -0.1) is 0 Å². The number of fused-ring (bicyclic) bond motifs is 1. The fourth-order valence-corrected chi connectivity index (χ4v) is 4.02. The smallest absolute Gasteiger partial charge is 0.228 e. The Kier molecular flexibility index (Phi) is 3.88. The van der Waals surface area contributed by atoms with E-state index in [0.29, 0.717) is 21.7 Å². The molecule has 0 bridgehead atoms. The Morgan fingerprint density at radius 3 is 2.74 bits per heavy atom. The fourth-order valence-electron chi connectivity index (χ4n) is 3.02. The van der Waals surface area contributed by atoms with Crippen molar-refractivity contribution in [1.82, 2.24) is 9.97 Å². The number of pyridine rings is 1. The van der Waals surface area contributed by atoms with E-state index >= 15 is 0 Å². The molecule has 2 aliphatic rings. The molecule has 0 saturated heterocycles. The SMILES string of the molecule is O=C(Nc1ncc(F)c2nc(NC3CCCCC3)sc12)C1CC1. The topological polar surface area (TPSA) is 66.9 Å². The molecule has 0 aromatic carbocycles. The summed E-state index contributed by atoms with van der Waals surface area (Å²) in [5.74, 6) is 0.0371. The predicted octanol–water partition coefficient (Wildman–Crippen LogP) is 3.92. The van der Waals surface area contributed by atoms with Crippen LogP contribution in [0.15, 0.2) is 6.20 Å². The van der Waals surface area contributed by atoms with Gasteiger partial charge < -0.3 is 10.6 Å². The molecule has 0 unspecified atom stereocenters. The lowest BCUT2D eigenvalue weighted by atomic mass is 9.96. The highest BCUT2D eigenvalue weighted by molar-refractivity contribution is 7.22. The van der Waals surface area contributed by atoms with Gasteiger partial charge in [0, 0.05) is 12.0 Å². The van der Waals surface area contributed by atoms with E-state index in [1.807, 2.05) is 0 Å². The van der Waals surface area contributed by atoms with Crippen molar-refractivity contribution in [2.75, 3.05) is 10.6 Å². The Hall–Kier alpha value is -1.76. The summed E-state index contributed by atoms with van der Waals surface area (Å²) in [7, 11) is 0. The molecule has 2 N–H and O–H groups in total. The zero-order valence-electron chi connectivity index (χ0n) is 12.8. The van der Waals surface area contributed by atoms with Crippen molar-refractivity contribution in [1.29, 1.82) is 0 Å². The monoisotopic (exact) mass is 334 g/mol. The summed E-state index contributed by atoms with van der Waals surface area (Å²) in [5.41, 5.74) is 0.286. The van der Waals surface area contributed by atoms with Crippen molar-refractivity contribution in [3.63, 3.8) is 0 Å². The van der Waals surface area contributed by atoms with Crippen molar-refractivity contribution >= 4 is 38.4 Å². The number of anilines is 2. The van der Waals surface area contributed by atoms with Gasteiger partial charge in [0.05, 0.1) is 6.20 Å². The van der Waals surface area contributed by atoms with Gasteiger partial charge in [0.15, 0.2) is 16.8 Å². The first-order valence-corrected chi connectivity index (χ1v) is 9.05. The number of nitrogens with one attached hydrogen (secondary N) is 2. The Balaban J connectivity index is 1.60.